The molecule has 0 bridgehead atoms. The first-order valence-corrected chi connectivity index (χ1v) is 9.52. The van der Waals surface area contributed by atoms with Crippen molar-refractivity contribution in [2.45, 2.75) is 13.3 Å². The number of carbonyl (C=O) groups excluding carboxylic acids is 2. The lowest BCUT2D eigenvalue weighted by atomic mass is 10.1. The Morgan fingerprint density at radius 1 is 1.31 bits per heavy atom. The third-order valence-electron chi connectivity index (χ3n) is 4.62. The Kier molecular flexibility index (Phi) is 6.33. The topological polar surface area (TPSA) is 102 Å². The van der Waals surface area contributed by atoms with Gasteiger partial charge in [-0.05, 0) is 43.3 Å². The van der Waals surface area contributed by atoms with Crippen LogP contribution in [0.4, 0.5) is 11.4 Å². The Bertz CT molecular complexity index is 932. The minimum atomic E-state index is -0.635. The van der Waals surface area contributed by atoms with E-state index in [1.54, 1.807) is 4.90 Å². The van der Waals surface area contributed by atoms with E-state index in [-0.39, 0.29) is 34.6 Å². The molecule has 0 aliphatic carbocycles. The van der Waals surface area contributed by atoms with Gasteiger partial charge in [-0.25, -0.2) is 0 Å². The maximum Gasteiger partial charge on any atom is 0.288 e. The Morgan fingerprint density at radius 2 is 2.03 bits per heavy atom. The summed E-state index contributed by atoms with van der Waals surface area (Å²) < 4.78 is 5.41. The first-order valence-electron chi connectivity index (χ1n) is 9.14. The zero-order chi connectivity index (χ0) is 21.0. The molecule has 0 aromatic heterocycles. The molecule has 1 unspecified atom stereocenters. The van der Waals surface area contributed by atoms with Gasteiger partial charge in [0.2, 0.25) is 5.91 Å². The van der Waals surface area contributed by atoms with Crippen LogP contribution < -0.4 is 15.0 Å². The number of nitrogens with zero attached hydrogens (tertiary/aromatic N) is 2. The van der Waals surface area contributed by atoms with Crippen molar-refractivity contribution >= 4 is 34.8 Å². The number of anilines is 1. The molecule has 2 aromatic rings. The van der Waals surface area contributed by atoms with E-state index in [2.05, 4.69) is 5.32 Å². The van der Waals surface area contributed by atoms with Gasteiger partial charge in [-0.2, -0.15) is 0 Å². The molecule has 0 spiro atoms. The first-order chi connectivity index (χ1) is 13.9. The number of halogens is 1. The second kappa shape index (κ2) is 8.91. The van der Waals surface area contributed by atoms with Crippen LogP contribution in [-0.2, 0) is 4.79 Å². The molecule has 9 heteroatoms. The molecule has 8 nitrogen and oxygen atoms in total. The van der Waals surface area contributed by atoms with Gasteiger partial charge in [0.25, 0.3) is 11.6 Å². The SMILES string of the molecule is CCOc1ccc(N2CC(CNC(=O)c3ccc(Cl)c([N+](=O)[O-])c3)CC2=O)cc1. The highest BCUT2D eigenvalue weighted by molar-refractivity contribution is 6.32. The largest absolute Gasteiger partial charge is 0.494 e. The summed E-state index contributed by atoms with van der Waals surface area (Å²) in [6.07, 6.45) is 0.314. The third-order valence-corrected chi connectivity index (χ3v) is 4.94. The van der Waals surface area contributed by atoms with Crippen LogP contribution in [0.5, 0.6) is 5.75 Å². The second-order valence-corrected chi connectivity index (χ2v) is 7.04. The molecule has 0 radical (unpaired) electrons. The maximum atomic E-state index is 12.4. The molecule has 1 saturated heterocycles. The van der Waals surface area contributed by atoms with Gasteiger partial charge in [0.05, 0.1) is 11.5 Å². The normalized spacial score (nSPS) is 16.0. The van der Waals surface area contributed by atoms with Crippen LogP contribution >= 0.6 is 11.6 Å². The fraction of sp³-hybridized carbons (Fsp3) is 0.300. The van der Waals surface area contributed by atoms with E-state index < -0.39 is 10.8 Å². The summed E-state index contributed by atoms with van der Waals surface area (Å²) in [6.45, 7) is 3.24. The van der Waals surface area contributed by atoms with Crippen LogP contribution in [0.25, 0.3) is 0 Å². The Morgan fingerprint density at radius 3 is 2.69 bits per heavy atom. The first kappa shape index (κ1) is 20.6. The highest BCUT2D eigenvalue weighted by Crippen LogP contribution is 2.27. The number of benzene rings is 2. The van der Waals surface area contributed by atoms with Crippen LogP contribution in [0.1, 0.15) is 23.7 Å². The quantitative estimate of drug-likeness (QED) is 0.549. The highest BCUT2D eigenvalue weighted by Gasteiger charge is 2.31. The number of rotatable bonds is 7. The summed E-state index contributed by atoms with van der Waals surface area (Å²) in [5.74, 6) is 0.219. The van der Waals surface area contributed by atoms with Gasteiger partial charge in [0.15, 0.2) is 0 Å². The number of ether oxygens (including phenoxy) is 1. The van der Waals surface area contributed by atoms with Gasteiger partial charge >= 0.3 is 0 Å². The number of hydrogen-bond donors (Lipinski definition) is 1. The van der Waals surface area contributed by atoms with E-state index in [9.17, 15) is 19.7 Å². The lowest BCUT2D eigenvalue weighted by Crippen LogP contribution is -2.31. The van der Waals surface area contributed by atoms with Crippen molar-refractivity contribution in [2.24, 2.45) is 5.92 Å². The zero-order valence-corrected chi connectivity index (χ0v) is 16.5. The fourth-order valence-electron chi connectivity index (χ4n) is 3.19. The summed E-state index contributed by atoms with van der Waals surface area (Å²) >= 11 is 5.77. The van der Waals surface area contributed by atoms with Gasteiger partial charge < -0.3 is 15.0 Å². The molecule has 29 heavy (non-hydrogen) atoms. The van der Waals surface area contributed by atoms with Gasteiger partial charge in [-0.1, -0.05) is 11.6 Å². The van der Waals surface area contributed by atoms with E-state index in [0.717, 1.165) is 17.5 Å². The molecule has 1 aliphatic heterocycles. The molecule has 1 atom stereocenters. The van der Waals surface area contributed by atoms with E-state index in [0.29, 0.717) is 19.6 Å². The molecule has 1 heterocycles. The van der Waals surface area contributed by atoms with Crippen molar-refractivity contribution in [1.29, 1.82) is 0 Å². The van der Waals surface area contributed by atoms with Crippen molar-refractivity contribution in [3.05, 3.63) is 63.2 Å². The highest BCUT2D eigenvalue weighted by atomic mass is 35.5. The van der Waals surface area contributed by atoms with Crippen LogP contribution in [0.3, 0.4) is 0 Å². The molecule has 1 N–H and O–H groups in total. The number of hydrogen-bond acceptors (Lipinski definition) is 5. The third kappa shape index (κ3) is 4.83. The monoisotopic (exact) mass is 417 g/mol. The molecule has 2 aromatic carbocycles. The number of nitro groups is 1. The second-order valence-electron chi connectivity index (χ2n) is 6.63. The predicted molar refractivity (Wildman–Crippen MR) is 109 cm³/mol. The Hall–Kier alpha value is -3.13. The number of amides is 2. The summed E-state index contributed by atoms with van der Waals surface area (Å²) in [6, 6.07) is 11.2. The van der Waals surface area contributed by atoms with Crippen LogP contribution in [0.2, 0.25) is 5.02 Å². The minimum absolute atomic E-state index is 0.0180. The molecular weight excluding hydrogens is 398 g/mol. The molecule has 1 fully saturated rings. The summed E-state index contributed by atoms with van der Waals surface area (Å²) in [5, 5.41) is 13.7. The Labute approximate surface area is 172 Å². The van der Waals surface area contributed by atoms with E-state index in [1.807, 2.05) is 31.2 Å². The Balaban J connectivity index is 1.59. The van der Waals surface area contributed by atoms with Crippen molar-refractivity contribution in [2.75, 3.05) is 24.6 Å². The van der Waals surface area contributed by atoms with Crippen molar-refractivity contribution in [3.8, 4) is 5.75 Å². The summed E-state index contributed by atoms with van der Waals surface area (Å²) in [7, 11) is 0. The van der Waals surface area contributed by atoms with Gasteiger partial charge in [0, 0.05) is 42.7 Å². The lowest BCUT2D eigenvalue weighted by Gasteiger charge is -2.17. The van der Waals surface area contributed by atoms with Crippen LogP contribution in [0.15, 0.2) is 42.5 Å². The number of nitro benzene ring substituents is 1. The molecule has 0 saturated carbocycles. The molecule has 3 rings (SSSR count). The van der Waals surface area contributed by atoms with Crippen LogP contribution in [0, 0.1) is 16.0 Å². The van der Waals surface area contributed by atoms with Crippen LogP contribution in [-0.4, -0.2) is 36.4 Å². The molecule has 2 amide bonds. The van der Waals surface area contributed by atoms with Crippen molar-refractivity contribution in [1.82, 2.24) is 5.32 Å². The van der Waals surface area contributed by atoms with Crippen molar-refractivity contribution in [3.63, 3.8) is 0 Å². The number of carbonyl (C=O) groups is 2. The summed E-state index contributed by atoms with van der Waals surface area (Å²) in [4.78, 5) is 36.7. The van der Waals surface area contributed by atoms with Gasteiger partial charge in [-0.3, -0.25) is 19.7 Å². The molecular formula is C20H20ClN3O5. The van der Waals surface area contributed by atoms with E-state index in [4.69, 9.17) is 16.3 Å². The number of nitrogens with one attached hydrogen (secondary N) is 1. The standard InChI is InChI=1S/C20H20ClN3O5/c1-2-29-16-6-4-15(5-7-16)23-12-13(9-19(23)25)11-22-20(26)14-3-8-17(21)18(10-14)24(27)28/h3-8,10,13H,2,9,11-12H2,1H3,(H,22,26). The van der Waals surface area contributed by atoms with Gasteiger partial charge in [0.1, 0.15) is 10.8 Å². The van der Waals surface area contributed by atoms with Crippen molar-refractivity contribution < 1.29 is 19.2 Å². The smallest absolute Gasteiger partial charge is 0.288 e. The average molecular weight is 418 g/mol. The lowest BCUT2D eigenvalue weighted by molar-refractivity contribution is -0.384. The average Bonchev–Trinajstić information content (AvgIpc) is 3.07. The fourth-order valence-corrected chi connectivity index (χ4v) is 3.38. The predicted octanol–water partition coefficient (Wildman–Crippen LogP) is 3.43. The minimum Gasteiger partial charge on any atom is -0.494 e. The van der Waals surface area contributed by atoms with Gasteiger partial charge in [-0.15, -0.1) is 0 Å². The summed E-state index contributed by atoms with van der Waals surface area (Å²) in [5.41, 5.74) is 0.603. The van der Waals surface area contributed by atoms with E-state index in [1.165, 1.54) is 12.1 Å². The molecule has 1 aliphatic rings. The molecule has 152 valence electrons. The maximum absolute atomic E-state index is 12.4. The zero-order valence-electron chi connectivity index (χ0n) is 15.8. The van der Waals surface area contributed by atoms with E-state index >= 15 is 0 Å².